The molecule has 3 aromatic carbocycles. The lowest BCUT2D eigenvalue weighted by Gasteiger charge is -2.10. The van der Waals surface area contributed by atoms with Gasteiger partial charge in [-0.3, -0.25) is 14.9 Å². The number of benzene rings is 3. The molecular formula is C22H15FN4O6. The van der Waals surface area contributed by atoms with Gasteiger partial charge in [0.25, 0.3) is 11.6 Å². The van der Waals surface area contributed by atoms with E-state index in [1.807, 2.05) is 0 Å². The number of hydrogen-bond donors (Lipinski definition) is 2. The summed E-state index contributed by atoms with van der Waals surface area (Å²) in [6.45, 7) is -0.688. The highest BCUT2D eigenvalue weighted by molar-refractivity contribution is 6.04. The number of halogens is 1. The zero-order valence-corrected chi connectivity index (χ0v) is 16.8. The molecule has 0 atom stereocenters. The van der Waals surface area contributed by atoms with E-state index in [-0.39, 0.29) is 22.6 Å². The number of rotatable bonds is 7. The number of carbonyl (C=O) groups excluding carboxylic acids is 1. The molecule has 0 saturated carbocycles. The maximum absolute atomic E-state index is 13.0. The third-order valence-corrected chi connectivity index (χ3v) is 4.63. The Morgan fingerprint density at radius 3 is 2.42 bits per heavy atom. The maximum Gasteiger partial charge on any atom is 0.344 e. The molecule has 0 bridgehead atoms. The first-order valence-electron chi connectivity index (χ1n) is 9.51. The van der Waals surface area contributed by atoms with Gasteiger partial charge in [0, 0.05) is 28.9 Å². The van der Waals surface area contributed by atoms with Crippen molar-refractivity contribution in [2.45, 2.75) is 0 Å². The molecule has 0 saturated heterocycles. The summed E-state index contributed by atoms with van der Waals surface area (Å²) in [5, 5.41) is 22.8. The second-order valence-corrected chi connectivity index (χ2v) is 6.87. The number of nitrogens with one attached hydrogen (secondary N) is 1. The number of nitro benzene ring substituents is 1. The summed E-state index contributed by atoms with van der Waals surface area (Å²) in [6.07, 6.45) is 0. The first-order chi connectivity index (χ1) is 15.8. The van der Waals surface area contributed by atoms with Gasteiger partial charge in [-0.1, -0.05) is 0 Å². The van der Waals surface area contributed by atoms with Gasteiger partial charge in [-0.25, -0.2) is 14.2 Å². The molecule has 2 N–H and O–H groups in total. The Bertz CT molecular complexity index is 1370. The highest BCUT2D eigenvalue weighted by Crippen LogP contribution is 2.27. The van der Waals surface area contributed by atoms with Crippen molar-refractivity contribution in [3.05, 3.63) is 88.2 Å². The number of imidazole rings is 1. The van der Waals surface area contributed by atoms with E-state index in [1.54, 1.807) is 24.3 Å². The number of fused-ring (bicyclic) bond motifs is 1. The molecule has 166 valence electrons. The molecule has 4 rings (SSSR count). The van der Waals surface area contributed by atoms with Crippen LogP contribution in [-0.2, 0) is 4.79 Å². The van der Waals surface area contributed by atoms with Crippen molar-refractivity contribution >= 4 is 34.3 Å². The van der Waals surface area contributed by atoms with Crippen molar-refractivity contribution < 1.29 is 28.8 Å². The lowest BCUT2D eigenvalue weighted by atomic mass is 10.1. The predicted molar refractivity (Wildman–Crippen MR) is 115 cm³/mol. The van der Waals surface area contributed by atoms with E-state index in [1.165, 1.54) is 42.5 Å². The van der Waals surface area contributed by atoms with Crippen molar-refractivity contribution in [3.8, 4) is 11.4 Å². The van der Waals surface area contributed by atoms with Crippen molar-refractivity contribution in [1.82, 2.24) is 9.71 Å². The van der Waals surface area contributed by atoms with E-state index in [9.17, 15) is 24.1 Å². The Morgan fingerprint density at radius 1 is 1.09 bits per heavy atom. The van der Waals surface area contributed by atoms with Gasteiger partial charge in [-0.15, -0.1) is 0 Å². The molecule has 11 heteroatoms. The van der Waals surface area contributed by atoms with Gasteiger partial charge in [0.2, 0.25) is 6.61 Å². The molecule has 0 unspecified atom stereocenters. The minimum absolute atomic E-state index is 0.201. The number of amides is 1. The number of nitro groups is 1. The quantitative estimate of drug-likeness (QED) is 0.325. The molecule has 0 radical (unpaired) electrons. The molecule has 0 fully saturated rings. The van der Waals surface area contributed by atoms with Crippen molar-refractivity contribution in [1.29, 1.82) is 0 Å². The number of aliphatic carboxylic acids is 1. The van der Waals surface area contributed by atoms with Crippen LogP contribution in [0.5, 0.6) is 0 Å². The Balaban J connectivity index is 1.65. The van der Waals surface area contributed by atoms with Crippen LogP contribution in [0.25, 0.3) is 22.4 Å². The van der Waals surface area contributed by atoms with Crippen LogP contribution in [0.2, 0.25) is 0 Å². The van der Waals surface area contributed by atoms with Crippen LogP contribution in [-0.4, -0.2) is 38.2 Å². The summed E-state index contributed by atoms with van der Waals surface area (Å²) in [4.78, 5) is 43.6. The zero-order valence-electron chi connectivity index (χ0n) is 16.8. The molecule has 1 heterocycles. The number of non-ortho nitro benzene ring substituents is 1. The van der Waals surface area contributed by atoms with Crippen molar-refractivity contribution in [3.63, 3.8) is 0 Å². The van der Waals surface area contributed by atoms with Gasteiger partial charge < -0.3 is 15.3 Å². The minimum atomic E-state index is -1.23. The fraction of sp³-hybridized carbons (Fsp3) is 0.0455. The normalized spacial score (nSPS) is 10.7. The average Bonchev–Trinajstić information content (AvgIpc) is 3.16. The van der Waals surface area contributed by atoms with Crippen LogP contribution in [0.4, 0.5) is 15.8 Å². The van der Waals surface area contributed by atoms with Crippen LogP contribution < -0.4 is 10.2 Å². The molecule has 0 spiro atoms. The highest BCUT2D eigenvalue weighted by Gasteiger charge is 2.18. The van der Waals surface area contributed by atoms with Gasteiger partial charge in [0.15, 0.2) is 5.82 Å². The molecule has 1 amide bonds. The summed E-state index contributed by atoms with van der Waals surface area (Å²) in [5.41, 5.74) is 1.65. The van der Waals surface area contributed by atoms with Crippen LogP contribution in [0.1, 0.15) is 10.4 Å². The molecule has 0 aliphatic carbocycles. The third kappa shape index (κ3) is 4.61. The van der Waals surface area contributed by atoms with E-state index in [2.05, 4.69) is 10.3 Å². The van der Waals surface area contributed by atoms with Gasteiger partial charge >= 0.3 is 5.97 Å². The fourth-order valence-electron chi connectivity index (χ4n) is 3.10. The molecule has 0 aliphatic heterocycles. The van der Waals surface area contributed by atoms with E-state index in [0.717, 1.165) is 4.73 Å². The first-order valence-corrected chi connectivity index (χ1v) is 9.51. The molecule has 1 aromatic heterocycles. The topological polar surface area (TPSA) is 137 Å². The molecule has 0 aliphatic rings. The van der Waals surface area contributed by atoms with Crippen LogP contribution in [0.15, 0.2) is 66.7 Å². The summed E-state index contributed by atoms with van der Waals surface area (Å²) < 4.78 is 14.2. The number of carboxylic acid groups (broad SMARTS) is 1. The van der Waals surface area contributed by atoms with Gasteiger partial charge in [-0.05, 0) is 54.6 Å². The van der Waals surface area contributed by atoms with E-state index in [0.29, 0.717) is 16.8 Å². The van der Waals surface area contributed by atoms with E-state index in [4.69, 9.17) is 9.94 Å². The first kappa shape index (κ1) is 21.4. The van der Waals surface area contributed by atoms with Crippen molar-refractivity contribution in [2.24, 2.45) is 0 Å². The molecule has 33 heavy (non-hydrogen) atoms. The van der Waals surface area contributed by atoms with Crippen LogP contribution in [0.3, 0.4) is 0 Å². The fourth-order valence-corrected chi connectivity index (χ4v) is 3.10. The maximum atomic E-state index is 13.0. The number of carboxylic acids is 1. The van der Waals surface area contributed by atoms with Gasteiger partial charge in [0.05, 0.1) is 10.4 Å². The Morgan fingerprint density at radius 2 is 1.79 bits per heavy atom. The van der Waals surface area contributed by atoms with E-state index < -0.39 is 29.2 Å². The Labute approximate surface area is 185 Å². The second-order valence-electron chi connectivity index (χ2n) is 6.87. The number of anilines is 1. The molecular weight excluding hydrogens is 435 g/mol. The lowest BCUT2D eigenvalue weighted by molar-refractivity contribution is -0.384. The summed E-state index contributed by atoms with van der Waals surface area (Å²) in [7, 11) is 0. The third-order valence-electron chi connectivity index (χ3n) is 4.63. The van der Waals surface area contributed by atoms with Gasteiger partial charge in [-0.2, -0.15) is 4.73 Å². The standard InChI is InChI=1S/C22H15FN4O6/c23-15-5-1-14(2-6-15)22(30)24-16-7-3-13(4-8-16)21-25-18-10-9-17(27(31)32)11-19(18)26(21)33-12-20(28)29/h1-11H,12H2,(H,24,30)(H,28,29). The van der Waals surface area contributed by atoms with Crippen LogP contribution >= 0.6 is 0 Å². The largest absolute Gasteiger partial charge is 0.479 e. The lowest BCUT2D eigenvalue weighted by Crippen LogP contribution is -2.20. The summed E-state index contributed by atoms with van der Waals surface area (Å²) in [5.74, 6) is -1.88. The Hall–Kier alpha value is -4.80. The SMILES string of the molecule is O=C(O)COn1c(-c2ccc(NC(=O)c3ccc(F)cc3)cc2)nc2ccc([N+](=O)[O-])cc21. The molecule has 4 aromatic rings. The zero-order chi connectivity index (χ0) is 23.5. The van der Waals surface area contributed by atoms with Crippen molar-refractivity contribution in [2.75, 3.05) is 11.9 Å². The minimum Gasteiger partial charge on any atom is -0.479 e. The van der Waals surface area contributed by atoms with Crippen LogP contribution in [0, 0.1) is 15.9 Å². The van der Waals surface area contributed by atoms with E-state index >= 15 is 0 Å². The van der Waals surface area contributed by atoms with Gasteiger partial charge in [0.1, 0.15) is 11.3 Å². The number of hydrogen-bond acceptors (Lipinski definition) is 6. The predicted octanol–water partition coefficient (Wildman–Crippen LogP) is 3.52. The molecule has 10 nitrogen and oxygen atoms in total. The smallest absolute Gasteiger partial charge is 0.344 e. The average molecular weight is 450 g/mol. The number of nitrogens with zero attached hydrogens (tertiary/aromatic N) is 3. The Kier molecular flexibility index (Phi) is 5.68. The summed E-state index contributed by atoms with van der Waals surface area (Å²) >= 11 is 0. The highest BCUT2D eigenvalue weighted by atomic mass is 19.1. The number of aromatic nitrogens is 2. The summed E-state index contributed by atoms with van der Waals surface area (Å²) in [6, 6.07) is 15.5. The monoisotopic (exact) mass is 450 g/mol. The number of carbonyl (C=O) groups is 2. The second kappa shape index (κ2) is 8.75.